The van der Waals surface area contributed by atoms with Crippen molar-refractivity contribution >= 4 is 28.7 Å². The number of fused-ring (bicyclic) bond motifs is 1. The van der Waals surface area contributed by atoms with E-state index in [0.717, 1.165) is 29.2 Å². The second kappa shape index (κ2) is 8.21. The topological polar surface area (TPSA) is 46.9 Å². The lowest BCUT2D eigenvalue weighted by molar-refractivity contribution is -0.120. The van der Waals surface area contributed by atoms with Gasteiger partial charge in [0.05, 0.1) is 16.3 Å². The summed E-state index contributed by atoms with van der Waals surface area (Å²) in [7, 11) is 0. The molecule has 1 aromatic heterocycles. The second-order valence-corrected chi connectivity index (χ2v) is 7.36. The SMILES string of the molecule is Cc1nc2ccccc2n1CCNC(=O)C(C)SCc1ccccc1. The Kier molecular flexibility index (Phi) is 5.76. The van der Waals surface area contributed by atoms with Crippen LogP contribution in [0.3, 0.4) is 0 Å². The number of aryl methyl sites for hydroxylation is 1. The van der Waals surface area contributed by atoms with Gasteiger partial charge in [0.1, 0.15) is 5.82 Å². The Morgan fingerprint density at radius 1 is 1.16 bits per heavy atom. The molecule has 0 saturated heterocycles. The predicted molar refractivity (Wildman–Crippen MR) is 105 cm³/mol. The normalized spacial score (nSPS) is 12.2. The molecule has 0 bridgehead atoms. The van der Waals surface area contributed by atoms with Crippen LogP contribution in [0.25, 0.3) is 11.0 Å². The number of hydrogen-bond acceptors (Lipinski definition) is 3. The van der Waals surface area contributed by atoms with Crippen LogP contribution < -0.4 is 5.32 Å². The molecule has 0 spiro atoms. The van der Waals surface area contributed by atoms with Crippen LogP contribution in [0.4, 0.5) is 0 Å². The van der Waals surface area contributed by atoms with Crippen LogP contribution in [-0.2, 0) is 17.1 Å². The maximum absolute atomic E-state index is 12.3. The van der Waals surface area contributed by atoms with E-state index < -0.39 is 0 Å². The van der Waals surface area contributed by atoms with Gasteiger partial charge in [-0.3, -0.25) is 4.79 Å². The Balaban J connectivity index is 1.49. The van der Waals surface area contributed by atoms with Crippen LogP contribution in [-0.4, -0.2) is 27.3 Å². The van der Waals surface area contributed by atoms with Gasteiger partial charge in [0, 0.05) is 18.8 Å². The summed E-state index contributed by atoms with van der Waals surface area (Å²) in [6.07, 6.45) is 0. The van der Waals surface area contributed by atoms with Gasteiger partial charge in [-0.05, 0) is 31.5 Å². The van der Waals surface area contributed by atoms with Gasteiger partial charge < -0.3 is 9.88 Å². The van der Waals surface area contributed by atoms with Crippen molar-refractivity contribution in [1.29, 1.82) is 0 Å². The third-order valence-corrected chi connectivity index (χ3v) is 5.41. The molecule has 3 rings (SSSR count). The number of aromatic nitrogens is 2. The standard InChI is InChI=1S/C20H23N3OS/c1-15(25-14-17-8-4-3-5-9-17)20(24)21-12-13-23-16(2)22-18-10-6-7-11-19(18)23/h3-11,15H,12-14H2,1-2H3,(H,21,24). The molecule has 4 nitrogen and oxygen atoms in total. The van der Waals surface area contributed by atoms with E-state index in [4.69, 9.17) is 0 Å². The minimum Gasteiger partial charge on any atom is -0.353 e. The molecule has 130 valence electrons. The molecule has 0 aliphatic heterocycles. The molecule has 25 heavy (non-hydrogen) atoms. The first-order valence-corrected chi connectivity index (χ1v) is 9.55. The number of amides is 1. The van der Waals surface area contributed by atoms with Gasteiger partial charge in [0.15, 0.2) is 0 Å². The lowest BCUT2D eigenvalue weighted by atomic mass is 10.2. The van der Waals surface area contributed by atoms with E-state index in [9.17, 15) is 4.79 Å². The van der Waals surface area contributed by atoms with E-state index in [1.165, 1.54) is 5.56 Å². The summed E-state index contributed by atoms with van der Waals surface area (Å²) in [5.74, 6) is 1.91. The van der Waals surface area contributed by atoms with Gasteiger partial charge in [-0.15, -0.1) is 11.8 Å². The van der Waals surface area contributed by atoms with Crippen molar-refractivity contribution in [3.05, 3.63) is 66.0 Å². The molecule has 1 amide bonds. The number of carbonyl (C=O) groups excluding carboxylic acids is 1. The molecule has 0 aliphatic carbocycles. The Morgan fingerprint density at radius 3 is 2.68 bits per heavy atom. The quantitative estimate of drug-likeness (QED) is 0.703. The maximum Gasteiger partial charge on any atom is 0.232 e. The second-order valence-electron chi connectivity index (χ2n) is 6.03. The lowest BCUT2D eigenvalue weighted by Crippen LogP contribution is -2.33. The fourth-order valence-corrected chi connectivity index (χ4v) is 3.65. The number of thioether (sulfide) groups is 1. The van der Waals surface area contributed by atoms with Crippen molar-refractivity contribution in [3.8, 4) is 0 Å². The number of rotatable bonds is 7. The number of carbonyl (C=O) groups is 1. The molecule has 0 fully saturated rings. The van der Waals surface area contributed by atoms with Crippen LogP contribution in [0.2, 0.25) is 0 Å². The largest absolute Gasteiger partial charge is 0.353 e. The molecular formula is C20H23N3OS. The van der Waals surface area contributed by atoms with Gasteiger partial charge in [0.2, 0.25) is 5.91 Å². The Bertz CT molecular complexity index is 845. The van der Waals surface area contributed by atoms with Gasteiger partial charge in [-0.1, -0.05) is 42.5 Å². The monoisotopic (exact) mass is 353 g/mol. The average Bonchev–Trinajstić information content (AvgIpc) is 2.96. The van der Waals surface area contributed by atoms with Crippen LogP contribution >= 0.6 is 11.8 Å². The van der Waals surface area contributed by atoms with E-state index in [1.54, 1.807) is 11.8 Å². The fourth-order valence-electron chi connectivity index (χ4n) is 2.78. The summed E-state index contributed by atoms with van der Waals surface area (Å²) in [5.41, 5.74) is 3.35. The van der Waals surface area contributed by atoms with Crippen LogP contribution in [0.5, 0.6) is 0 Å². The fraction of sp³-hybridized carbons (Fsp3) is 0.300. The van der Waals surface area contributed by atoms with Crippen molar-refractivity contribution < 1.29 is 4.79 Å². The zero-order chi connectivity index (χ0) is 17.6. The van der Waals surface area contributed by atoms with Crippen LogP contribution in [0.15, 0.2) is 54.6 Å². The summed E-state index contributed by atoms with van der Waals surface area (Å²) < 4.78 is 2.15. The summed E-state index contributed by atoms with van der Waals surface area (Å²) >= 11 is 1.66. The molecule has 1 unspecified atom stereocenters. The van der Waals surface area contributed by atoms with E-state index >= 15 is 0 Å². The number of nitrogens with one attached hydrogen (secondary N) is 1. The van der Waals surface area contributed by atoms with E-state index in [-0.39, 0.29) is 11.2 Å². The molecule has 1 atom stereocenters. The highest BCUT2D eigenvalue weighted by Crippen LogP contribution is 2.18. The van der Waals surface area contributed by atoms with Crippen molar-refractivity contribution in [1.82, 2.24) is 14.9 Å². The number of para-hydroxylation sites is 2. The molecule has 0 radical (unpaired) electrons. The van der Waals surface area contributed by atoms with Crippen molar-refractivity contribution in [2.24, 2.45) is 0 Å². The maximum atomic E-state index is 12.3. The Labute approximate surface area is 152 Å². The van der Waals surface area contributed by atoms with Gasteiger partial charge >= 0.3 is 0 Å². The van der Waals surface area contributed by atoms with Crippen molar-refractivity contribution in [3.63, 3.8) is 0 Å². The Hall–Kier alpha value is -2.27. The van der Waals surface area contributed by atoms with E-state index in [0.29, 0.717) is 6.54 Å². The summed E-state index contributed by atoms with van der Waals surface area (Å²) in [6, 6.07) is 18.3. The molecule has 1 heterocycles. The highest BCUT2D eigenvalue weighted by Gasteiger charge is 2.13. The van der Waals surface area contributed by atoms with E-state index in [1.807, 2.05) is 50.2 Å². The highest BCUT2D eigenvalue weighted by molar-refractivity contribution is 7.99. The van der Waals surface area contributed by atoms with Gasteiger partial charge in [0.25, 0.3) is 0 Å². The Morgan fingerprint density at radius 2 is 1.88 bits per heavy atom. The zero-order valence-corrected chi connectivity index (χ0v) is 15.4. The number of nitrogens with zero attached hydrogens (tertiary/aromatic N) is 2. The molecule has 3 aromatic rings. The minimum atomic E-state index is -0.0687. The zero-order valence-electron chi connectivity index (χ0n) is 14.6. The third kappa shape index (κ3) is 4.42. The van der Waals surface area contributed by atoms with Crippen molar-refractivity contribution in [2.45, 2.75) is 31.4 Å². The van der Waals surface area contributed by atoms with Crippen molar-refractivity contribution in [2.75, 3.05) is 6.54 Å². The summed E-state index contributed by atoms with van der Waals surface area (Å²) in [6.45, 7) is 5.30. The predicted octanol–water partition coefficient (Wildman–Crippen LogP) is 3.78. The number of imidazole rings is 1. The molecule has 0 saturated carbocycles. The summed E-state index contributed by atoms with van der Waals surface area (Å²) in [5, 5.41) is 2.97. The molecule has 1 N–H and O–H groups in total. The molecule has 5 heteroatoms. The lowest BCUT2D eigenvalue weighted by Gasteiger charge is -2.13. The third-order valence-electron chi connectivity index (χ3n) is 4.19. The summed E-state index contributed by atoms with van der Waals surface area (Å²) in [4.78, 5) is 16.8. The van der Waals surface area contributed by atoms with Crippen LogP contribution in [0, 0.1) is 6.92 Å². The van der Waals surface area contributed by atoms with Crippen LogP contribution in [0.1, 0.15) is 18.3 Å². The first-order chi connectivity index (χ1) is 12.1. The smallest absolute Gasteiger partial charge is 0.232 e. The van der Waals surface area contributed by atoms with Gasteiger partial charge in [-0.25, -0.2) is 4.98 Å². The number of hydrogen-bond donors (Lipinski definition) is 1. The minimum absolute atomic E-state index is 0.0687. The first kappa shape index (κ1) is 17.5. The highest BCUT2D eigenvalue weighted by atomic mass is 32.2. The average molecular weight is 353 g/mol. The number of benzene rings is 2. The van der Waals surface area contributed by atoms with Gasteiger partial charge in [-0.2, -0.15) is 0 Å². The molecule has 0 aliphatic rings. The molecule has 2 aromatic carbocycles. The van der Waals surface area contributed by atoms with E-state index in [2.05, 4.69) is 33.1 Å². The molecular weight excluding hydrogens is 330 g/mol. The first-order valence-electron chi connectivity index (χ1n) is 8.50.